The summed E-state index contributed by atoms with van der Waals surface area (Å²) < 4.78 is 61.7. The number of rotatable bonds is 3. The van der Waals surface area contributed by atoms with Crippen molar-refractivity contribution in [1.82, 2.24) is 5.32 Å². The lowest BCUT2D eigenvalue weighted by Gasteiger charge is -2.28. The Labute approximate surface area is 122 Å². The van der Waals surface area contributed by atoms with E-state index >= 15 is 0 Å². The smallest absolute Gasteiger partial charge is 0.307 e. The largest absolute Gasteiger partial charge is 0.416 e. The third-order valence-electron chi connectivity index (χ3n) is 3.77. The molecule has 1 atom stereocenters. The first-order valence-electron chi connectivity index (χ1n) is 6.81. The molecule has 1 aromatic carbocycles. The molecule has 1 saturated heterocycles. The van der Waals surface area contributed by atoms with Crippen molar-refractivity contribution in [3.8, 4) is 0 Å². The topological polar surface area (TPSA) is 46.2 Å². The monoisotopic (exact) mass is 321 g/mol. The van der Waals surface area contributed by atoms with Crippen molar-refractivity contribution in [2.24, 2.45) is 0 Å². The fraction of sp³-hybridized carbons (Fsp3) is 0.571. The molecule has 0 amide bonds. The predicted molar refractivity (Wildman–Crippen MR) is 74.7 cm³/mol. The molecule has 3 nitrogen and oxygen atoms in total. The average Bonchev–Trinajstić information content (AvgIpc) is 2.40. The lowest BCUT2D eigenvalue weighted by atomic mass is 9.99. The van der Waals surface area contributed by atoms with E-state index in [1.54, 1.807) is 13.0 Å². The first kappa shape index (κ1) is 16.3. The van der Waals surface area contributed by atoms with Gasteiger partial charge >= 0.3 is 6.18 Å². The molecule has 0 radical (unpaired) electrons. The van der Waals surface area contributed by atoms with Crippen LogP contribution >= 0.6 is 0 Å². The van der Waals surface area contributed by atoms with Crippen LogP contribution in [0.5, 0.6) is 0 Å². The van der Waals surface area contributed by atoms with E-state index in [2.05, 4.69) is 5.32 Å². The minimum absolute atomic E-state index is 0.0650. The van der Waals surface area contributed by atoms with Gasteiger partial charge in [0.1, 0.15) is 9.84 Å². The molecule has 0 bridgehead atoms. The van der Waals surface area contributed by atoms with Crippen molar-refractivity contribution in [3.05, 3.63) is 35.4 Å². The molecule has 1 aliphatic heterocycles. The Kier molecular flexibility index (Phi) is 4.63. The molecule has 0 saturated carbocycles. The lowest BCUT2D eigenvalue weighted by Crippen LogP contribution is -2.39. The van der Waals surface area contributed by atoms with Gasteiger partial charge in [-0.3, -0.25) is 0 Å². The first-order valence-corrected chi connectivity index (χ1v) is 8.64. The van der Waals surface area contributed by atoms with Gasteiger partial charge in [0, 0.05) is 12.1 Å². The molecule has 1 heterocycles. The Bertz CT molecular complexity index is 584. The molecule has 0 spiro atoms. The molecule has 1 aromatic rings. The highest BCUT2D eigenvalue weighted by Crippen LogP contribution is 2.34. The molecule has 0 aromatic heterocycles. The van der Waals surface area contributed by atoms with E-state index in [9.17, 15) is 21.6 Å². The van der Waals surface area contributed by atoms with Gasteiger partial charge in [0.15, 0.2) is 0 Å². The Balaban J connectivity index is 2.10. The Morgan fingerprint density at radius 2 is 1.76 bits per heavy atom. The molecule has 7 heteroatoms. The van der Waals surface area contributed by atoms with Crippen LogP contribution in [0.4, 0.5) is 13.2 Å². The summed E-state index contributed by atoms with van der Waals surface area (Å²) in [6, 6.07) is 4.93. The van der Waals surface area contributed by atoms with Crippen LogP contribution in [-0.4, -0.2) is 26.0 Å². The van der Waals surface area contributed by atoms with Crippen LogP contribution in [0, 0.1) is 0 Å². The van der Waals surface area contributed by atoms with Gasteiger partial charge in [-0.1, -0.05) is 18.2 Å². The Morgan fingerprint density at radius 1 is 1.19 bits per heavy atom. The number of sulfone groups is 1. The molecular formula is C14H18F3NO2S. The highest BCUT2D eigenvalue weighted by atomic mass is 32.2. The van der Waals surface area contributed by atoms with Gasteiger partial charge in [0.25, 0.3) is 0 Å². The van der Waals surface area contributed by atoms with Crippen molar-refractivity contribution >= 4 is 9.84 Å². The van der Waals surface area contributed by atoms with E-state index in [-0.39, 0.29) is 23.1 Å². The molecule has 1 unspecified atom stereocenters. The van der Waals surface area contributed by atoms with Crippen LogP contribution < -0.4 is 5.32 Å². The van der Waals surface area contributed by atoms with Crippen LogP contribution in [0.3, 0.4) is 0 Å². The standard InChI is InChI=1S/C14H18F3NO2S/c1-10(18-11-6-8-21(19,20)9-7-11)12-4-2-3-5-13(12)14(15,16)17/h2-5,10-11,18H,6-9H2,1H3. The van der Waals surface area contributed by atoms with E-state index in [1.165, 1.54) is 12.1 Å². The van der Waals surface area contributed by atoms with E-state index in [0.29, 0.717) is 12.8 Å². The predicted octanol–water partition coefficient (Wildman–Crippen LogP) is 2.93. The summed E-state index contributed by atoms with van der Waals surface area (Å²) >= 11 is 0. The Morgan fingerprint density at radius 3 is 2.33 bits per heavy atom. The maximum absolute atomic E-state index is 13.0. The van der Waals surface area contributed by atoms with Gasteiger partial charge in [0.2, 0.25) is 0 Å². The number of halogens is 3. The van der Waals surface area contributed by atoms with Gasteiger partial charge < -0.3 is 5.32 Å². The zero-order chi connectivity index (χ0) is 15.7. The van der Waals surface area contributed by atoms with Crippen LogP contribution in [0.25, 0.3) is 0 Å². The van der Waals surface area contributed by atoms with Crippen LogP contribution in [0.15, 0.2) is 24.3 Å². The van der Waals surface area contributed by atoms with Crippen molar-refractivity contribution < 1.29 is 21.6 Å². The fourth-order valence-electron chi connectivity index (χ4n) is 2.63. The average molecular weight is 321 g/mol. The lowest BCUT2D eigenvalue weighted by molar-refractivity contribution is -0.138. The molecule has 1 fully saturated rings. The second-order valence-corrected chi connectivity index (χ2v) is 7.70. The van der Waals surface area contributed by atoms with Crippen LogP contribution in [-0.2, 0) is 16.0 Å². The normalized spacial score (nSPS) is 21.1. The highest BCUT2D eigenvalue weighted by Gasteiger charge is 2.34. The molecular weight excluding hydrogens is 303 g/mol. The fourth-order valence-corrected chi connectivity index (χ4v) is 4.12. The van der Waals surface area contributed by atoms with Crippen molar-refractivity contribution in [1.29, 1.82) is 0 Å². The minimum atomic E-state index is -4.39. The number of hydrogen-bond donors (Lipinski definition) is 1. The highest BCUT2D eigenvalue weighted by molar-refractivity contribution is 7.91. The minimum Gasteiger partial charge on any atom is -0.307 e. The van der Waals surface area contributed by atoms with E-state index in [4.69, 9.17) is 0 Å². The number of hydrogen-bond acceptors (Lipinski definition) is 3. The van der Waals surface area contributed by atoms with Crippen molar-refractivity contribution in [3.63, 3.8) is 0 Å². The van der Waals surface area contributed by atoms with E-state index in [1.807, 2.05) is 0 Å². The maximum Gasteiger partial charge on any atom is 0.416 e. The van der Waals surface area contributed by atoms with E-state index < -0.39 is 27.6 Å². The summed E-state index contributed by atoms with van der Waals surface area (Å²) in [5, 5.41) is 3.12. The zero-order valence-corrected chi connectivity index (χ0v) is 12.5. The van der Waals surface area contributed by atoms with Gasteiger partial charge in [-0.25, -0.2) is 8.42 Å². The number of alkyl halides is 3. The van der Waals surface area contributed by atoms with Gasteiger partial charge in [0.05, 0.1) is 17.1 Å². The molecule has 1 aliphatic rings. The second kappa shape index (κ2) is 5.96. The van der Waals surface area contributed by atoms with Gasteiger partial charge in [-0.15, -0.1) is 0 Å². The quantitative estimate of drug-likeness (QED) is 0.931. The molecule has 0 aliphatic carbocycles. The van der Waals surface area contributed by atoms with Gasteiger partial charge in [-0.05, 0) is 31.4 Å². The van der Waals surface area contributed by atoms with E-state index in [0.717, 1.165) is 6.07 Å². The molecule has 118 valence electrons. The third kappa shape index (κ3) is 4.20. The van der Waals surface area contributed by atoms with Crippen molar-refractivity contribution in [2.75, 3.05) is 11.5 Å². The summed E-state index contributed by atoms with van der Waals surface area (Å²) in [5.74, 6) is 0.191. The summed E-state index contributed by atoms with van der Waals surface area (Å²) in [6.45, 7) is 1.67. The van der Waals surface area contributed by atoms with Crippen LogP contribution in [0.2, 0.25) is 0 Å². The van der Waals surface area contributed by atoms with Crippen LogP contribution in [0.1, 0.15) is 36.9 Å². The molecule has 21 heavy (non-hydrogen) atoms. The summed E-state index contributed by atoms with van der Waals surface area (Å²) in [5.41, 5.74) is -0.452. The zero-order valence-electron chi connectivity index (χ0n) is 11.7. The molecule has 2 rings (SSSR count). The Hall–Kier alpha value is -1.08. The second-order valence-electron chi connectivity index (χ2n) is 5.40. The SMILES string of the molecule is CC(NC1CCS(=O)(=O)CC1)c1ccccc1C(F)(F)F. The van der Waals surface area contributed by atoms with Crippen molar-refractivity contribution in [2.45, 2.75) is 38.0 Å². The third-order valence-corrected chi connectivity index (χ3v) is 5.49. The molecule has 1 N–H and O–H groups in total. The summed E-state index contributed by atoms with van der Waals surface area (Å²) in [4.78, 5) is 0. The maximum atomic E-state index is 13.0. The first-order chi connectivity index (χ1) is 9.69. The number of nitrogens with one attached hydrogen (secondary N) is 1. The summed E-state index contributed by atoms with van der Waals surface area (Å²) in [7, 11) is -2.97. The number of benzene rings is 1. The van der Waals surface area contributed by atoms with Gasteiger partial charge in [-0.2, -0.15) is 13.2 Å². The summed E-state index contributed by atoms with van der Waals surface area (Å²) in [6.07, 6.45) is -3.50.